The summed E-state index contributed by atoms with van der Waals surface area (Å²) >= 11 is 0. The first-order valence-electron chi connectivity index (χ1n) is 6.06. The fourth-order valence-corrected chi connectivity index (χ4v) is 1.97. The number of nitrogens with zero attached hydrogens (tertiary/aromatic N) is 2. The van der Waals surface area contributed by atoms with Gasteiger partial charge in [-0.25, -0.2) is 4.39 Å². The monoisotopic (exact) mass is 264 g/mol. The minimum absolute atomic E-state index is 0.0525. The number of hydrogen-bond donors (Lipinski definition) is 1. The lowest BCUT2D eigenvalue weighted by atomic mass is 10.1. The maximum atomic E-state index is 13.9. The lowest BCUT2D eigenvalue weighted by Crippen LogP contribution is -2.00. The van der Waals surface area contributed by atoms with Crippen molar-refractivity contribution in [1.29, 1.82) is 0 Å². The minimum Gasteiger partial charge on any atom is -0.450 e. The lowest BCUT2D eigenvalue weighted by molar-refractivity contribution is 0.194. The third-order valence-electron chi connectivity index (χ3n) is 3.09. The highest BCUT2D eigenvalue weighted by atomic mass is 19.1. The number of aliphatic hydroxyl groups is 1. The van der Waals surface area contributed by atoms with E-state index in [1.165, 1.54) is 6.07 Å². The summed E-state index contributed by atoms with van der Waals surface area (Å²) in [6.45, 7) is 5.22. The third kappa shape index (κ3) is 2.46. The van der Waals surface area contributed by atoms with Crippen LogP contribution in [0.25, 0.3) is 0 Å². The fourth-order valence-electron chi connectivity index (χ4n) is 1.97. The number of aryl methyl sites for hydroxylation is 2. The molecule has 4 nitrogen and oxygen atoms in total. The van der Waals surface area contributed by atoms with E-state index in [9.17, 15) is 9.50 Å². The molecule has 0 saturated carbocycles. The SMILES string of the molecule is Cc1nn(C)c(C)c1Oc1c(F)cccc1[C@@H](C)O. The van der Waals surface area contributed by atoms with Gasteiger partial charge in [0.25, 0.3) is 0 Å². The number of para-hydroxylation sites is 1. The fraction of sp³-hybridized carbons (Fsp3) is 0.357. The van der Waals surface area contributed by atoms with Crippen molar-refractivity contribution in [3.63, 3.8) is 0 Å². The first kappa shape index (κ1) is 13.5. The molecule has 0 unspecified atom stereocenters. The highest BCUT2D eigenvalue weighted by Crippen LogP contribution is 2.34. The summed E-state index contributed by atoms with van der Waals surface area (Å²) in [5, 5.41) is 13.9. The number of benzene rings is 1. The molecule has 0 fully saturated rings. The van der Waals surface area contributed by atoms with Crippen molar-refractivity contribution in [2.45, 2.75) is 26.9 Å². The minimum atomic E-state index is -0.803. The highest BCUT2D eigenvalue weighted by molar-refractivity contribution is 5.42. The number of halogens is 1. The van der Waals surface area contributed by atoms with Crippen molar-refractivity contribution in [2.75, 3.05) is 0 Å². The molecule has 1 heterocycles. The van der Waals surface area contributed by atoms with Crippen LogP contribution in [0.5, 0.6) is 11.5 Å². The van der Waals surface area contributed by atoms with Crippen molar-refractivity contribution in [3.8, 4) is 11.5 Å². The third-order valence-corrected chi connectivity index (χ3v) is 3.09. The number of ether oxygens (including phenoxy) is 1. The van der Waals surface area contributed by atoms with Gasteiger partial charge in [-0.1, -0.05) is 12.1 Å². The Morgan fingerprint density at radius 2 is 2.00 bits per heavy atom. The molecule has 0 amide bonds. The Labute approximate surface area is 111 Å². The summed E-state index contributed by atoms with van der Waals surface area (Å²) in [6, 6.07) is 4.50. The summed E-state index contributed by atoms with van der Waals surface area (Å²) in [5.41, 5.74) is 1.90. The Bertz CT molecular complexity index is 606. The first-order valence-corrected chi connectivity index (χ1v) is 6.06. The Kier molecular flexibility index (Phi) is 3.57. The molecule has 2 aromatic rings. The molecule has 102 valence electrons. The predicted octanol–water partition coefficient (Wildman–Crippen LogP) is 3.02. The quantitative estimate of drug-likeness (QED) is 0.927. The highest BCUT2D eigenvalue weighted by Gasteiger charge is 2.18. The molecule has 0 radical (unpaired) electrons. The van der Waals surface area contributed by atoms with Crippen LogP contribution in [0.4, 0.5) is 4.39 Å². The van der Waals surface area contributed by atoms with Gasteiger partial charge in [0.05, 0.1) is 11.8 Å². The van der Waals surface area contributed by atoms with E-state index in [1.807, 2.05) is 6.92 Å². The van der Waals surface area contributed by atoms with E-state index in [1.54, 1.807) is 37.7 Å². The van der Waals surface area contributed by atoms with Crippen molar-refractivity contribution in [1.82, 2.24) is 9.78 Å². The van der Waals surface area contributed by atoms with Crippen molar-refractivity contribution in [3.05, 3.63) is 41.0 Å². The molecule has 1 atom stereocenters. The molecule has 5 heteroatoms. The van der Waals surface area contributed by atoms with E-state index in [0.29, 0.717) is 17.0 Å². The number of aromatic nitrogens is 2. The normalized spacial score (nSPS) is 12.5. The predicted molar refractivity (Wildman–Crippen MR) is 69.8 cm³/mol. The van der Waals surface area contributed by atoms with Crippen LogP contribution in [0.15, 0.2) is 18.2 Å². The van der Waals surface area contributed by atoms with Crippen LogP contribution >= 0.6 is 0 Å². The van der Waals surface area contributed by atoms with Crippen LogP contribution < -0.4 is 4.74 Å². The summed E-state index contributed by atoms with van der Waals surface area (Å²) in [6.07, 6.45) is -0.803. The van der Waals surface area contributed by atoms with E-state index in [4.69, 9.17) is 4.74 Å². The van der Waals surface area contributed by atoms with E-state index in [0.717, 1.165) is 5.69 Å². The van der Waals surface area contributed by atoms with E-state index < -0.39 is 11.9 Å². The molecular formula is C14H17FN2O2. The molecule has 0 saturated heterocycles. The smallest absolute Gasteiger partial charge is 0.171 e. The maximum Gasteiger partial charge on any atom is 0.171 e. The van der Waals surface area contributed by atoms with Crippen molar-refractivity contribution in [2.24, 2.45) is 7.05 Å². The van der Waals surface area contributed by atoms with Crippen molar-refractivity contribution < 1.29 is 14.2 Å². The zero-order chi connectivity index (χ0) is 14.2. The molecule has 19 heavy (non-hydrogen) atoms. The number of hydrogen-bond acceptors (Lipinski definition) is 3. The number of aliphatic hydroxyl groups excluding tert-OH is 1. The standard InChI is InChI=1S/C14H17FN2O2/c1-8-13(9(2)17(4)16-8)19-14-11(10(3)18)6-5-7-12(14)15/h5-7,10,18H,1-4H3/t10-/m1/s1. The Morgan fingerprint density at radius 3 is 2.53 bits per heavy atom. The van der Waals surface area contributed by atoms with Gasteiger partial charge in [-0.15, -0.1) is 0 Å². The average molecular weight is 264 g/mol. The zero-order valence-corrected chi connectivity index (χ0v) is 11.4. The molecule has 0 bridgehead atoms. The van der Waals surface area contributed by atoms with Gasteiger partial charge < -0.3 is 9.84 Å². The lowest BCUT2D eigenvalue weighted by Gasteiger charge is -2.14. The second kappa shape index (κ2) is 5.01. The van der Waals surface area contributed by atoms with Crippen LogP contribution in [0.3, 0.4) is 0 Å². The number of rotatable bonds is 3. The summed E-state index contributed by atoms with van der Waals surface area (Å²) in [7, 11) is 1.80. The Balaban J connectivity index is 2.49. The molecule has 1 aromatic carbocycles. The van der Waals surface area contributed by atoms with E-state index in [2.05, 4.69) is 5.10 Å². The van der Waals surface area contributed by atoms with Gasteiger partial charge in [-0.05, 0) is 26.8 Å². The molecular weight excluding hydrogens is 247 g/mol. The topological polar surface area (TPSA) is 47.3 Å². The van der Waals surface area contributed by atoms with Crippen LogP contribution in [0.2, 0.25) is 0 Å². The van der Waals surface area contributed by atoms with Gasteiger partial charge >= 0.3 is 0 Å². The van der Waals surface area contributed by atoms with Gasteiger partial charge in [0.15, 0.2) is 17.3 Å². The van der Waals surface area contributed by atoms with Gasteiger partial charge in [-0.2, -0.15) is 5.10 Å². The van der Waals surface area contributed by atoms with Crippen LogP contribution in [-0.4, -0.2) is 14.9 Å². The van der Waals surface area contributed by atoms with Crippen molar-refractivity contribution >= 4 is 0 Å². The molecule has 0 aliphatic carbocycles. The van der Waals surface area contributed by atoms with Crippen LogP contribution in [0.1, 0.15) is 30.0 Å². The summed E-state index contributed by atoms with van der Waals surface area (Å²) < 4.78 is 21.2. The molecule has 0 aliphatic heterocycles. The average Bonchev–Trinajstić information content (AvgIpc) is 2.57. The molecule has 0 aliphatic rings. The molecule has 1 N–H and O–H groups in total. The van der Waals surface area contributed by atoms with Crippen LogP contribution in [-0.2, 0) is 7.05 Å². The van der Waals surface area contributed by atoms with Crippen LogP contribution in [0, 0.1) is 19.7 Å². The van der Waals surface area contributed by atoms with Gasteiger partial charge in [0.1, 0.15) is 5.69 Å². The summed E-state index contributed by atoms with van der Waals surface area (Å²) in [5.74, 6) is 0.0762. The second-order valence-electron chi connectivity index (χ2n) is 4.56. The van der Waals surface area contributed by atoms with Gasteiger partial charge in [-0.3, -0.25) is 4.68 Å². The second-order valence-corrected chi connectivity index (χ2v) is 4.56. The van der Waals surface area contributed by atoms with E-state index in [-0.39, 0.29) is 5.75 Å². The maximum absolute atomic E-state index is 13.9. The largest absolute Gasteiger partial charge is 0.450 e. The molecule has 2 rings (SSSR count). The Morgan fingerprint density at radius 1 is 1.32 bits per heavy atom. The van der Waals surface area contributed by atoms with Gasteiger partial charge in [0, 0.05) is 12.6 Å². The zero-order valence-electron chi connectivity index (χ0n) is 11.4. The molecule has 0 spiro atoms. The molecule has 1 aromatic heterocycles. The summed E-state index contributed by atoms with van der Waals surface area (Å²) in [4.78, 5) is 0. The van der Waals surface area contributed by atoms with Gasteiger partial charge in [0.2, 0.25) is 0 Å². The Hall–Kier alpha value is -1.88. The first-order chi connectivity index (χ1) is 8.91. The van der Waals surface area contributed by atoms with E-state index >= 15 is 0 Å².